The summed E-state index contributed by atoms with van der Waals surface area (Å²) in [5, 5.41) is 0. The van der Waals surface area contributed by atoms with Gasteiger partial charge >= 0.3 is 7.12 Å². The molecule has 5 rings (SSSR count). The third kappa shape index (κ3) is 2.70. The summed E-state index contributed by atoms with van der Waals surface area (Å²) in [6, 6.07) is 0. The monoisotopic (exact) mass is 360 g/mol. The molecule has 3 heteroatoms. The Morgan fingerprint density at radius 2 is 1.56 bits per heavy atom. The van der Waals surface area contributed by atoms with E-state index in [2.05, 4.69) is 70.2 Å². The molecule has 0 aromatic rings. The quantitative estimate of drug-likeness (QED) is 0.562. The van der Waals surface area contributed by atoms with Crippen molar-refractivity contribution in [3.8, 4) is 0 Å². The Labute approximate surface area is 163 Å². The van der Waals surface area contributed by atoms with Crippen molar-refractivity contribution in [3.63, 3.8) is 0 Å². The van der Waals surface area contributed by atoms with Gasteiger partial charge in [0.15, 0.2) is 0 Å². The van der Waals surface area contributed by atoms with Crippen LogP contribution in [0.4, 0.5) is 0 Å². The van der Waals surface area contributed by atoms with Crippen LogP contribution in [0.15, 0.2) is 70.3 Å². The first-order valence-corrected chi connectivity index (χ1v) is 10.4. The molecule has 0 amide bonds. The van der Waals surface area contributed by atoms with Gasteiger partial charge in [0, 0.05) is 11.8 Å². The van der Waals surface area contributed by atoms with Crippen LogP contribution in [0.5, 0.6) is 0 Å². The zero-order valence-corrected chi connectivity index (χ0v) is 16.9. The van der Waals surface area contributed by atoms with E-state index in [0.29, 0.717) is 11.8 Å². The van der Waals surface area contributed by atoms with Gasteiger partial charge in [-0.15, -0.1) is 0 Å². The molecule has 2 nitrogen and oxygen atoms in total. The molecule has 1 heterocycles. The molecule has 2 atom stereocenters. The molecule has 0 saturated carbocycles. The Morgan fingerprint density at radius 1 is 0.852 bits per heavy atom. The number of hydrogen-bond donors (Lipinski definition) is 0. The predicted octanol–water partition coefficient (Wildman–Crippen LogP) is 5.65. The molecule has 140 valence electrons. The summed E-state index contributed by atoms with van der Waals surface area (Å²) < 4.78 is 12.6. The Balaban J connectivity index is 1.48. The van der Waals surface area contributed by atoms with E-state index in [4.69, 9.17) is 9.31 Å². The largest absolute Gasteiger partial charge is 0.490 e. The molecule has 0 radical (unpaired) electrons. The van der Waals surface area contributed by atoms with Gasteiger partial charge in [0.25, 0.3) is 0 Å². The fourth-order valence-corrected chi connectivity index (χ4v) is 5.03. The summed E-state index contributed by atoms with van der Waals surface area (Å²) >= 11 is 0. The van der Waals surface area contributed by atoms with E-state index in [9.17, 15) is 0 Å². The van der Waals surface area contributed by atoms with Crippen molar-refractivity contribution in [1.29, 1.82) is 0 Å². The van der Waals surface area contributed by atoms with Gasteiger partial charge in [0.05, 0.1) is 11.2 Å². The lowest BCUT2D eigenvalue weighted by Crippen LogP contribution is -2.41. The summed E-state index contributed by atoms with van der Waals surface area (Å²) in [6.45, 7) is 8.54. The van der Waals surface area contributed by atoms with Crippen molar-refractivity contribution in [2.45, 2.75) is 64.6 Å². The smallest absolute Gasteiger partial charge is 0.400 e. The summed E-state index contributed by atoms with van der Waals surface area (Å²) in [5.41, 5.74) is 7.05. The molecule has 27 heavy (non-hydrogen) atoms. The summed E-state index contributed by atoms with van der Waals surface area (Å²) in [4.78, 5) is 0. The van der Waals surface area contributed by atoms with E-state index >= 15 is 0 Å². The van der Waals surface area contributed by atoms with Crippen LogP contribution in [-0.2, 0) is 9.31 Å². The number of allylic oxidation sites excluding steroid dienone is 12. The molecular formula is C24H29BO2. The molecule has 0 bridgehead atoms. The first kappa shape index (κ1) is 17.5. The second-order valence-electron chi connectivity index (χ2n) is 9.48. The third-order valence-corrected chi connectivity index (χ3v) is 7.33. The van der Waals surface area contributed by atoms with Crippen molar-refractivity contribution in [3.05, 3.63) is 70.3 Å². The number of fused-ring (bicyclic) bond motifs is 3. The highest BCUT2D eigenvalue weighted by Gasteiger charge is 2.52. The van der Waals surface area contributed by atoms with Crippen LogP contribution in [-0.4, -0.2) is 18.3 Å². The van der Waals surface area contributed by atoms with Gasteiger partial charge in [-0.1, -0.05) is 42.5 Å². The highest BCUT2D eigenvalue weighted by molar-refractivity contribution is 6.54. The average molecular weight is 360 g/mol. The van der Waals surface area contributed by atoms with Crippen molar-refractivity contribution in [1.82, 2.24) is 0 Å². The lowest BCUT2D eigenvalue weighted by Gasteiger charge is -2.37. The SMILES string of the molecule is CC1(C)OB(C2=CC3=C(CC2)C2=C(C=CC4C=CC=CC24)CC3)OC1(C)C. The lowest BCUT2D eigenvalue weighted by atomic mass is 9.64. The fraction of sp³-hybridized carbons (Fsp3) is 0.500. The van der Waals surface area contributed by atoms with Crippen LogP contribution in [0.25, 0.3) is 0 Å². The van der Waals surface area contributed by atoms with Crippen LogP contribution in [0, 0.1) is 11.8 Å². The zero-order chi connectivity index (χ0) is 18.8. The minimum absolute atomic E-state index is 0.198. The minimum atomic E-state index is -0.268. The topological polar surface area (TPSA) is 18.5 Å². The zero-order valence-electron chi connectivity index (χ0n) is 16.9. The molecule has 1 aliphatic heterocycles. The molecule has 1 fully saturated rings. The van der Waals surface area contributed by atoms with Gasteiger partial charge in [-0.3, -0.25) is 0 Å². The van der Waals surface area contributed by atoms with Crippen molar-refractivity contribution < 1.29 is 9.31 Å². The van der Waals surface area contributed by atoms with E-state index in [-0.39, 0.29) is 18.3 Å². The normalized spacial score (nSPS) is 33.0. The van der Waals surface area contributed by atoms with E-state index in [1.807, 2.05) is 0 Å². The van der Waals surface area contributed by atoms with Crippen LogP contribution in [0.3, 0.4) is 0 Å². The van der Waals surface area contributed by atoms with Gasteiger partial charge in [0.2, 0.25) is 0 Å². The van der Waals surface area contributed by atoms with Crippen molar-refractivity contribution in [2.75, 3.05) is 0 Å². The molecule has 2 unspecified atom stereocenters. The minimum Gasteiger partial charge on any atom is -0.400 e. The molecule has 0 aromatic carbocycles. The first-order valence-electron chi connectivity index (χ1n) is 10.4. The van der Waals surface area contributed by atoms with Crippen LogP contribution < -0.4 is 0 Å². The average Bonchev–Trinajstić information content (AvgIpc) is 2.88. The van der Waals surface area contributed by atoms with Crippen LogP contribution >= 0.6 is 0 Å². The maximum atomic E-state index is 6.32. The van der Waals surface area contributed by atoms with Gasteiger partial charge < -0.3 is 9.31 Å². The molecule has 1 saturated heterocycles. The van der Waals surface area contributed by atoms with Gasteiger partial charge in [-0.05, 0) is 81.1 Å². The van der Waals surface area contributed by atoms with E-state index in [1.54, 1.807) is 16.7 Å². The van der Waals surface area contributed by atoms with Gasteiger partial charge in [-0.25, -0.2) is 0 Å². The summed E-state index contributed by atoms with van der Waals surface area (Å²) in [6.07, 6.45) is 20.8. The highest BCUT2D eigenvalue weighted by atomic mass is 16.7. The van der Waals surface area contributed by atoms with Gasteiger partial charge in [-0.2, -0.15) is 0 Å². The summed E-state index contributed by atoms with van der Waals surface area (Å²) in [7, 11) is -0.198. The molecule has 0 spiro atoms. The third-order valence-electron chi connectivity index (χ3n) is 7.33. The van der Waals surface area contributed by atoms with Crippen LogP contribution in [0.2, 0.25) is 0 Å². The molecular weight excluding hydrogens is 331 g/mol. The van der Waals surface area contributed by atoms with E-state index in [0.717, 1.165) is 25.7 Å². The molecule has 4 aliphatic carbocycles. The van der Waals surface area contributed by atoms with Crippen LogP contribution in [0.1, 0.15) is 53.4 Å². The second-order valence-corrected chi connectivity index (χ2v) is 9.48. The van der Waals surface area contributed by atoms with E-state index in [1.165, 1.54) is 11.0 Å². The lowest BCUT2D eigenvalue weighted by molar-refractivity contribution is 0.00578. The number of rotatable bonds is 1. The maximum Gasteiger partial charge on any atom is 0.490 e. The highest BCUT2D eigenvalue weighted by Crippen LogP contribution is 2.48. The molecule has 0 aromatic heterocycles. The Morgan fingerprint density at radius 3 is 2.33 bits per heavy atom. The maximum absolute atomic E-state index is 6.32. The van der Waals surface area contributed by atoms with Crippen molar-refractivity contribution in [2.24, 2.45) is 11.8 Å². The molecule has 0 N–H and O–H groups in total. The Kier molecular flexibility index (Phi) is 3.87. The summed E-state index contributed by atoms with van der Waals surface area (Å²) in [5.74, 6) is 1.04. The number of hydrogen-bond acceptors (Lipinski definition) is 2. The van der Waals surface area contributed by atoms with E-state index < -0.39 is 0 Å². The predicted molar refractivity (Wildman–Crippen MR) is 111 cm³/mol. The second kappa shape index (κ2) is 5.96. The standard InChI is InChI=1S/C24H29BO2/c1-23(2)24(3,4)27-25(26-23)19-13-14-21-18(15-19)12-11-17-10-9-16-7-5-6-8-20(16)22(17)21/h5-10,15-16,20H,11-14H2,1-4H3. The van der Waals surface area contributed by atoms with Crippen molar-refractivity contribution >= 4 is 7.12 Å². The van der Waals surface area contributed by atoms with Gasteiger partial charge in [0.1, 0.15) is 0 Å². The molecule has 5 aliphatic rings. The first-order chi connectivity index (χ1) is 12.9. The fourth-order valence-electron chi connectivity index (χ4n) is 5.03. The Bertz CT molecular complexity index is 847. The Hall–Kier alpha value is -1.58.